The quantitative estimate of drug-likeness (QED) is 0.242. The van der Waals surface area contributed by atoms with Crippen molar-refractivity contribution in [1.29, 1.82) is 0 Å². The Labute approximate surface area is 262 Å². The number of carbonyl (C=O) groups excluding carboxylic acids is 2. The van der Waals surface area contributed by atoms with Gasteiger partial charge in [-0.3, -0.25) is 9.59 Å². The summed E-state index contributed by atoms with van der Waals surface area (Å²) in [6.07, 6.45) is 5.20. The molecule has 0 bridgehead atoms. The number of hydrogen-bond donors (Lipinski definition) is 2. The molecule has 0 saturated heterocycles. The zero-order valence-corrected chi connectivity index (χ0v) is 22.5. The number of hydrogen-bond acceptors (Lipinski definition) is 7. The molecule has 40 heavy (non-hydrogen) atoms. The van der Waals surface area contributed by atoms with Gasteiger partial charge in [-0.1, -0.05) is 35.9 Å². The molecule has 0 saturated carbocycles. The first-order valence-electron chi connectivity index (χ1n) is 11.5. The van der Waals surface area contributed by atoms with Gasteiger partial charge in [0.25, 0.3) is 15.9 Å². The molecule has 0 unspecified atom stereocenters. The van der Waals surface area contributed by atoms with Crippen molar-refractivity contribution in [2.75, 3.05) is 5.32 Å². The second-order valence-corrected chi connectivity index (χ2v) is 11.5. The Kier molecular flexibility index (Phi) is 9.67. The van der Waals surface area contributed by atoms with Crippen molar-refractivity contribution < 1.29 is 18.0 Å². The van der Waals surface area contributed by atoms with Crippen molar-refractivity contribution in [3.05, 3.63) is 112 Å². The number of benzene rings is 3. The molecular formula is C27H21ClN5NaO4S2. The van der Waals surface area contributed by atoms with Gasteiger partial charge in [-0.2, -0.15) is 10.1 Å². The number of aromatic nitrogens is 2. The van der Waals surface area contributed by atoms with Gasteiger partial charge in [0.05, 0.1) is 21.9 Å². The third-order valence-electron chi connectivity index (χ3n) is 5.52. The summed E-state index contributed by atoms with van der Waals surface area (Å²) < 4.78 is 28.6. The third kappa shape index (κ3) is 7.51. The Morgan fingerprint density at radius 1 is 1.00 bits per heavy atom. The van der Waals surface area contributed by atoms with Crippen molar-refractivity contribution >= 4 is 91.7 Å². The van der Waals surface area contributed by atoms with Gasteiger partial charge in [-0.05, 0) is 83.6 Å². The Hall–Kier alpha value is -3.19. The molecule has 198 valence electrons. The Balaban J connectivity index is 0.00000370. The fraction of sp³-hybridized carbons (Fsp3) is 0.0370. The number of halogens is 1. The van der Waals surface area contributed by atoms with E-state index in [2.05, 4.69) is 20.1 Å². The maximum absolute atomic E-state index is 12.4. The fourth-order valence-electron chi connectivity index (χ4n) is 3.63. The minimum atomic E-state index is -4.00. The summed E-state index contributed by atoms with van der Waals surface area (Å²) in [4.78, 5) is 29.2. The van der Waals surface area contributed by atoms with E-state index in [9.17, 15) is 18.0 Å². The fourth-order valence-corrected chi connectivity index (χ4v) is 5.58. The number of amidine groups is 1. The number of sulfonamides is 1. The normalized spacial score (nSPS) is 14.0. The summed E-state index contributed by atoms with van der Waals surface area (Å²) in [5, 5.41) is 8.11. The van der Waals surface area contributed by atoms with E-state index in [4.69, 9.17) is 11.6 Å². The topological polar surface area (TPSA) is 123 Å². The van der Waals surface area contributed by atoms with Gasteiger partial charge in [0.1, 0.15) is 0 Å². The van der Waals surface area contributed by atoms with E-state index in [0.717, 1.165) is 11.3 Å². The molecule has 2 N–H and O–H groups in total. The average molecular weight is 602 g/mol. The number of carbonyl (C=O) groups is 2. The zero-order chi connectivity index (χ0) is 27.4. The van der Waals surface area contributed by atoms with Crippen LogP contribution in [0.15, 0.2) is 106 Å². The Morgan fingerprint density at radius 2 is 1.70 bits per heavy atom. The Morgan fingerprint density at radius 3 is 2.35 bits per heavy atom. The van der Waals surface area contributed by atoms with Crippen LogP contribution in [0.2, 0.25) is 5.02 Å². The van der Waals surface area contributed by atoms with Crippen molar-refractivity contribution in [3.8, 4) is 5.69 Å². The zero-order valence-electron chi connectivity index (χ0n) is 20.1. The van der Waals surface area contributed by atoms with E-state index < -0.39 is 15.9 Å². The standard InChI is InChI=1S/C27H20ClN5O4S2.Na.H/c28-20-6-12-23(13-7-20)39(36,37)32-25(34)17-19-2-8-21(9-3-19)30-27-31-26(35)24(38-27)16-18-4-10-22(11-5-18)33-15-1-14-29-33;;/h1-16H,17H2,(H,32,34)(H,30,31,35);;/b24-16-;;. The van der Waals surface area contributed by atoms with Crippen LogP contribution in [-0.2, 0) is 26.0 Å². The summed E-state index contributed by atoms with van der Waals surface area (Å²) in [6, 6.07) is 21.8. The van der Waals surface area contributed by atoms with E-state index in [1.54, 1.807) is 41.2 Å². The molecule has 0 atom stereocenters. The molecule has 1 aliphatic rings. The van der Waals surface area contributed by atoms with Crippen LogP contribution in [-0.4, -0.2) is 64.7 Å². The van der Waals surface area contributed by atoms with Crippen LogP contribution in [0.5, 0.6) is 0 Å². The SMILES string of the molecule is O=C(Cc1ccc(NC2=NC(=O)/C(=C/c3ccc(-n4cccn4)cc3)S2)cc1)NS(=O)(=O)c1ccc(Cl)cc1.[NaH]. The number of aliphatic imine (C=N–C) groups is 1. The molecule has 2 amide bonds. The average Bonchev–Trinajstić information content (AvgIpc) is 3.56. The van der Waals surface area contributed by atoms with Gasteiger partial charge < -0.3 is 5.32 Å². The molecule has 3 aromatic carbocycles. The van der Waals surface area contributed by atoms with Crippen molar-refractivity contribution in [2.24, 2.45) is 4.99 Å². The first kappa shape index (κ1) is 29.8. The number of thioether (sulfide) groups is 1. The van der Waals surface area contributed by atoms with Crippen molar-refractivity contribution in [2.45, 2.75) is 11.3 Å². The van der Waals surface area contributed by atoms with E-state index in [-0.39, 0.29) is 46.8 Å². The van der Waals surface area contributed by atoms with Crippen LogP contribution in [0.1, 0.15) is 11.1 Å². The number of amides is 2. The predicted molar refractivity (Wildman–Crippen MR) is 159 cm³/mol. The molecule has 1 aromatic heterocycles. The van der Waals surface area contributed by atoms with Crippen LogP contribution in [0.25, 0.3) is 11.8 Å². The van der Waals surface area contributed by atoms with Crippen LogP contribution in [0, 0.1) is 0 Å². The molecule has 0 aliphatic carbocycles. The van der Waals surface area contributed by atoms with Crippen LogP contribution >= 0.6 is 23.4 Å². The second kappa shape index (κ2) is 13.0. The number of nitrogens with one attached hydrogen (secondary N) is 2. The maximum atomic E-state index is 12.4. The number of rotatable bonds is 7. The van der Waals surface area contributed by atoms with Crippen LogP contribution in [0.4, 0.5) is 5.69 Å². The molecule has 0 fully saturated rings. The van der Waals surface area contributed by atoms with Crippen LogP contribution in [0.3, 0.4) is 0 Å². The van der Waals surface area contributed by atoms with Gasteiger partial charge in [0.2, 0.25) is 5.91 Å². The third-order valence-corrected chi connectivity index (χ3v) is 8.06. The van der Waals surface area contributed by atoms with E-state index in [0.29, 0.717) is 26.3 Å². The predicted octanol–water partition coefficient (Wildman–Crippen LogP) is 4.01. The summed E-state index contributed by atoms with van der Waals surface area (Å²) in [5.74, 6) is -1.01. The van der Waals surface area contributed by atoms with Gasteiger partial charge in [-0.15, -0.1) is 0 Å². The molecule has 9 nitrogen and oxygen atoms in total. The van der Waals surface area contributed by atoms with Crippen molar-refractivity contribution in [3.63, 3.8) is 0 Å². The molecule has 13 heteroatoms. The van der Waals surface area contributed by atoms with E-state index in [1.165, 1.54) is 36.0 Å². The molecule has 2 heterocycles. The summed E-state index contributed by atoms with van der Waals surface area (Å²) >= 11 is 7.01. The molecule has 0 spiro atoms. The molecule has 0 radical (unpaired) electrons. The summed E-state index contributed by atoms with van der Waals surface area (Å²) in [6.45, 7) is 0. The summed E-state index contributed by atoms with van der Waals surface area (Å²) in [7, 11) is -4.00. The van der Waals surface area contributed by atoms with E-state index >= 15 is 0 Å². The van der Waals surface area contributed by atoms with Gasteiger partial charge in [0.15, 0.2) is 5.17 Å². The monoisotopic (exact) mass is 601 g/mol. The molecule has 4 aromatic rings. The first-order valence-corrected chi connectivity index (χ1v) is 14.2. The minimum absolute atomic E-state index is 0. The van der Waals surface area contributed by atoms with Gasteiger partial charge in [-0.25, -0.2) is 17.8 Å². The molecule has 5 rings (SSSR count). The van der Waals surface area contributed by atoms with Crippen molar-refractivity contribution in [1.82, 2.24) is 14.5 Å². The first-order chi connectivity index (χ1) is 18.7. The summed E-state index contributed by atoms with van der Waals surface area (Å²) in [5.41, 5.74) is 3.05. The molecule has 1 aliphatic heterocycles. The Bertz CT molecular complexity index is 1690. The number of nitrogens with zero attached hydrogens (tertiary/aromatic N) is 3. The van der Waals surface area contributed by atoms with Gasteiger partial charge >= 0.3 is 29.6 Å². The molecular weight excluding hydrogens is 581 g/mol. The van der Waals surface area contributed by atoms with Crippen LogP contribution < -0.4 is 10.0 Å². The number of anilines is 1. The van der Waals surface area contributed by atoms with E-state index in [1.807, 2.05) is 36.5 Å². The second-order valence-electron chi connectivity index (χ2n) is 8.36. The van der Waals surface area contributed by atoms with Gasteiger partial charge in [0, 0.05) is 23.1 Å².